The summed E-state index contributed by atoms with van der Waals surface area (Å²) in [6.07, 6.45) is 4.79. The first kappa shape index (κ1) is 19.6. The SMILES string of the molecule is CCCNn1c(C)c(C(=O)N[C@@H](CC)c2ccccc2)c2cnccc2c1=O. The second kappa shape index (κ2) is 8.69. The van der Waals surface area contributed by atoms with Crippen molar-refractivity contribution in [3.8, 4) is 0 Å². The van der Waals surface area contributed by atoms with Crippen LogP contribution >= 0.6 is 0 Å². The molecule has 6 nitrogen and oxygen atoms in total. The van der Waals surface area contributed by atoms with Gasteiger partial charge in [0.2, 0.25) is 0 Å². The molecule has 2 N–H and O–H groups in total. The van der Waals surface area contributed by atoms with Crippen molar-refractivity contribution in [2.45, 2.75) is 39.7 Å². The monoisotopic (exact) mass is 378 g/mol. The summed E-state index contributed by atoms with van der Waals surface area (Å²) in [5.74, 6) is -0.210. The van der Waals surface area contributed by atoms with E-state index in [2.05, 4.69) is 15.7 Å². The number of hydrogen-bond acceptors (Lipinski definition) is 4. The van der Waals surface area contributed by atoms with Gasteiger partial charge in [-0.05, 0) is 31.4 Å². The highest BCUT2D eigenvalue weighted by atomic mass is 16.2. The topological polar surface area (TPSA) is 76.0 Å². The van der Waals surface area contributed by atoms with Crippen molar-refractivity contribution >= 4 is 16.7 Å². The third kappa shape index (κ3) is 3.76. The Labute approximate surface area is 164 Å². The maximum atomic E-state index is 13.3. The maximum Gasteiger partial charge on any atom is 0.277 e. The van der Waals surface area contributed by atoms with Crippen LogP contribution in [0.4, 0.5) is 0 Å². The zero-order valence-electron chi connectivity index (χ0n) is 16.5. The molecule has 0 spiro atoms. The summed E-state index contributed by atoms with van der Waals surface area (Å²) in [6.45, 7) is 6.49. The number of benzene rings is 1. The van der Waals surface area contributed by atoms with E-state index in [1.54, 1.807) is 25.4 Å². The van der Waals surface area contributed by atoms with Crippen LogP contribution in [0, 0.1) is 6.92 Å². The smallest absolute Gasteiger partial charge is 0.277 e. The molecule has 0 radical (unpaired) electrons. The van der Waals surface area contributed by atoms with Gasteiger partial charge in [-0.3, -0.25) is 14.6 Å². The maximum absolute atomic E-state index is 13.3. The van der Waals surface area contributed by atoms with Crippen LogP contribution in [-0.2, 0) is 0 Å². The predicted molar refractivity (Wildman–Crippen MR) is 112 cm³/mol. The molecule has 2 aromatic heterocycles. The Morgan fingerprint density at radius 2 is 1.89 bits per heavy atom. The van der Waals surface area contributed by atoms with E-state index < -0.39 is 0 Å². The Kier molecular flexibility index (Phi) is 6.09. The number of carbonyl (C=O) groups excluding carboxylic acids is 1. The molecule has 0 fully saturated rings. The number of rotatable bonds is 7. The van der Waals surface area contributed by atoms with E-state index in [0.717, 1.165) is 18.4 Å². The molecule has 0 aliphatic rings. The Morgan fingerprint density at radius 1 is 1.14 bits per heavy atom. The molecule has 1 aromatic carbocycles. The number of hydrogen-bond donors (Lipinski definition) is 2. The summed E-state index contributed by atoms with van der Waals surface area (Å²) in [6, 6.07) is 11.4. The van der Waals surface area contributed by atoms with Crippen LogP contribution in [0.1, 0.15) is 54.3 Å². The minimum atomic E-state index is -0.210. The van der Waals surface area contributed by atoms with Gasteiger partial charge in [0.25, 0.3) is 11.5 Å². The van der Waals surface area contributed by atoms with Gasteiger partial charge in [-0.25, -0.2) is 4.68 Å². The fraction of sp³-hybridized carbons (Fsp3) is 0.318. The largest absolute Gasteiger partial charge is 0.345 e. The number of amides is 1. The molecule has 146 valence electrons. The number of nitrogens with zero attached hydrogens (tertiary/aromatic N) is 2. The van der Waals surface area contributed by atoms with E-state index in [0.29, 0.717) is 28.6 Å². The van der Waals surface area contributed by atoms with Crippen molar-refractivity contribution in [3.05, 3.63) is 76.0 Å². The van der Waals surface area contributed by atoms with Gasteiger partial charge in [0, 0.05) is 24.3 Å². The molecule has 6 heteroatoms. The highest BCUT2D eigenvalue weighted by Crippen LogP contribution is 2.21. The van der Waals surface area contributed by atoms with Crippen LogP contribution < -0.4 is 16.3 Å². The molecule has 0 aliphatic heterocycles. The van der Waals surface area contributed by atoms with Gasteiger partial charge in [-0.1, -0.05) is 44.2 Å². The molecule has 1 atom stereocenters. The van der Waals surface area contributed by atoms with Crippen LogP contribution in [0.3, 0.4) is 0 Å². The lowest BCUT2D eigenvalue weighted by atomic mass is 10.0. The number of nitrogens with one attached hydrogen (secondary N) is 2. The first-order chi connectivity index (χ1) is 13.6. The molecule has 28 heavy (non-hydrogen) atoms. The molecule has 0 saturated carbocycles. The molecule has 1 amide bonds. The third-order valence-corrected chi connectivity index (χ3v) is 4.88. The van der Waals surface area contributed by atoms with Crippen LogP contribution in [0.5, 0.6) is 0 Å². The van der Waals surface area contributed by atoms with Gasteiger partial charge in [0.15, 0.2) is 0 Å². The molecule has 0 bridgehead atoms. The highest BCUT2D eigenvalue weighted by Gasteiger charge is 2.22. The van der Waals surface area contributed by atoms with Crippen LogP contribution in [0.25, 0.3) is 10.8 Å². The van der Waals surface area contributed by atoms with Gasteiger partial charge < -0.3 is 10.7 Å². The van der Waals surface area contributed by atoms with Gasteiger partial charge in [-0.2, -0.15) is 0 Å². The molecule has 2 heterocycles. The Bertz CT molecular complexity index is 1030. The van der Waals surface area contributed by atoms with E-state index in [1.807, 2.05) is 44.2 Å². The van der Waals surface area contributed by atoms with E-state index in [4.69, 9.17) is 0 Å². The summed E-state index contributed by atoms with van der Waals surface area (Å²) in [5.41, 5.74) is 5.06. The Hall–Kier alpha value is -3.15. The second-order valence-corrected chi connectivity index (χ2v) is 6.78. The quantitative estimate of drug-likeness (QED) is 0.659. The van der Waals surface area contributed by atoms with E-state index in [-0.39, 0.29) is 17.5 Å². The summed E-state index contributed by atoms with van der Waals surface area (Å²) in [7, 11) is 0. The Morgan fingerprint density at radius 3 is 2.57 bits per heavy atom. The first-order valence-electron chi connectivity index (χ1n) is 9.67. The average molecular weight is 378 g/mol. The fourth-order valence-corrected chi connectivity index (χ4v) is 3.40. The average Bonchev–Trinajstić information content (AvgIpc) is 2.72. The third-order valence-electron chi connectivity index (χ3n) is 4.88. The molecule has 3 rings (SSSR count). The minimum Gasteiger partial charge on any atom is -0.345 e. The van der Waals surface area contributed by atoms with Crippen LogP contribution in [-0.4, -0.2) is 22.1 Å². The van der Waals surface area contributed by atoms with E-state index >= 15 is 0 Å². The summed E-state index contributed by atoms with van der Waals surface area (Å²) in [4.78, 5) is 30.3. The molecule has 0 aliphatic carbocycles. The van der Waals surface area contributed by atoms with Crippen molar-refractivity contribution in [1.82, 2.24) is 15.0 Å². The van der Waals surface area contributed by atoms with Crippen LogP contribution in [0.2, 0.25) is 0 Å². The van der Waals surface area contributed by atoms with Crippen molar-refractivity contribution in [3.63, 3.8) is 0 Å². The van der Waals surface area contributed by atoms with E-state index in [9.17, 15) is 9.59 Å². The minimum absolute atomic E-state index is 0.108. The van der Waals surface area contributed by atoms with Crippen LogP contribution in [0.15, 0.2) is 53.6 Å². The van der Waals surface area contributed by atoms with Crippen molar-refractivity contribution < 1.29 is 4.79 Å². The summed E-state index contributed by atoms with van der Waals surface area (Å²) < 4.78 is 1.48. The van der Waals surface area contributed by atoms with Crippen molar-refractivity contribution in [2.75, 3.05) is 12.0 Å². The molecule has 0 saturated heterocycles. The normalized spacial score (nSPS) is 12.0. The van der Waals surface area contributed by atoms with Gasteiger partial charge >= 0.3 is 0 Å². The summed E-state index contributed by atoms with van der Waals surface area (Å²) in [5, 5.41) is 4.17. The molecular weight excluding hydrogens is 352 g/mol. The number of aromatic nitrogens is 2. The second-order valence-electron chi connectivity index (χ2n) is 6.78. The van der Waals surface area contributed by atoms with Gasteiger partial charge in [-0.15, -0.1) is 0 Å². The fourth-order valence-electron chi connectivity index (χ4n) is 3.40. The number of pyridine rings is 2. The zero-order chi connectivity index (χ0) is 20.1. The van der Waals surface area contributed by atoms with Gasteiger partial charge in [0.1, 0.15) is 0 Å². The summed E-state index contributed by atoms with van der Waals surface area (Å²) >= 11 is 0. The standard InChI is InChI=1S/C22H26N4O2/c1-4-12-24-26-15(3)20(18-14-23-13-11-17(18)22(26)28)21(27)25-19(5-2)16-9-7-6-8-10-16/h6-11,13-14,19,24H,4-5,12H2,1-3H3,(H,25,27)/t19-/m0/s1. The highest BCUT2D eigenvalue weighted by molar-refractivity contribution is 6.07. The zero-order valence-corrected chi connectivity index (χ0v) is 16.5. The van der Waals surface area contributed by atoms with Crippen molar-refractivity contribution in [1.29, 1.82) is 0 Å². The molecular formula is C22H26N4O2. The lowest BCUT2D eigenvalue weighted by Crippen LogP contribution is -2.36. The molecule has 3 aromatic rings. The Balaban J connectivity index is 2.08. The lowest BCUT2D eigenvalue weighted by molar-refractivity contribution is 0.0936. The predicted octanol–water partition coefficient (Wildman–Crippen LogP) is 3.54. The first-order valence-corrected chi connectivity index (χ1v) is 9.67. The lowest BCUT2D eigenvalue weighted by Gasteiger charge is -2.21. The number of fused-ring (bicyclic) bond motifs is 1. The van der Waals surface area contributed by atoms with E-state index in [1.165, 1.54) is 4.68 Å². The molecule has 0 unspecified atom stereocenters. The number of carbonyl (C=O) groups is 1. The van der Waals surface area contributed by atoms with Gasteiger partial charge in [0.05, 0.1) is 22.7 Å². The van der Waals surface area contributed by atoms with Crippen molar-refractivity contribution in [2.24, 2.45) is 0 Å².